The number of nitriles is 1. The molecule has 1 N–H and O–H groups in total. The molecule has 0 radical (unpaired) electrons. The van der Waals surface area contributed by atoms with Crippen LogP contribution in [0.5, 0.6) is 0 Å². The summed E-state index contributed by atoms with van der Waals surface area (Å²) in [5.41, 5.74) is 1.75. The van der Waals surface area contributed by atoms with E-state index in [0.29, 0.717) is 15.4 Å². The fourth-order valence-corrected chi connectivity index (χ4v) is 4.20. The van der Waals surface area contributed by atoms with Crippen molar-refractivity contribution in [3.05, 3.63) is 38.4 Å². The van der Waals surface area contributed by atoms with Crippen LogP contribution in [0, 0.1) is 11.3 Å². The molecule has 0 bridgehead atoms. The fraction of sp³-hybridized carbons (Fsp3) is 0.286. The molecule has 0 fully saturated rings. The number of carbonyl (C=O) groups is 1. The molecule has 0 aliphatic carbocycles. The van der Waals surface area contributed by atoms with Crippen molar-refractivity contribution < 1.29 is 4.79 Å². The Balaban J connectivity index is 1.91. The zero-order valence-corrected chi connectivity index (χ0v) is 12.6. The molecule has 0 aromatic carbocycles. The smallest absolute Gasteiger partial charge is 0.266 e. The minimum Gasteiger partial charge on any atom is -0.312 e. The highest BCUT2D eigenvalue weighted by molar-refractivity contribution is 7.17. The second-order valence-corrected chi connectivity index (χ2v) is 6.79. The number of likely N-dealkylation sites (N-methyl/N-ethyl adjacent to an activating group) is 1. The third-order valence-corrected chi connectivity index (χ3v) is 5.33. The van der Waals surface area contributed by atoms with E-state index in [0.717, 1.165) is 25.1 Å². The summed E-state index contributed by atoms with van der Waals surface area (Å²) in [6.07, 6.45) is 0.875. The molecule has 0 saturated carbocycles. The Labute approximate surface area is 125 Å². The first kappa shape index (κ1) is 13.3. The van der Waals surface area contributed by atoms with Crippen molar-refractivity contribution in [3.8, 4) is 6.07 Å². The molecule has 2 aromatic heterocycles. The van der Waals surface area contributed by atoms with Gasteiger partial charge in [0.05, 0.1) is 10.4 Å². The highest BCUT2D eigenvalue weighted by Gasteiger charge is 2.24. The van der Waals surface area contributed by atoms with Crippen LogP contribution in [0.15, 0.2) is 17.5 Å². The minimum atomic E-state index is -0.136. The number of rotatable bonds is 2. The largest absolute Gasteiger partial charge is 0.312 e. The highest BCUT2D eigenvalue weighted by Crippen LogP contribution is 2.36. The average Bonchev–Trinajstić information content (AvgIpc) is 3.04. The van der Waals surface area contributed by atoms with Crippen molar-refractivity contribution in [2.45, 2.75) is 13.0 Å². The van der Waals surface area contributed by atoms with Gasteiger partial charge in [0, 0.05) is 18.0 Å². The lowest BCUT2D eigenvalue weighted by Crippen LogP contribution is -2.25. The van der Waals surface area contributed by atoms with Crippen molar-refractivity contribution in [1.29, 1.82) is 5.26 Å². The summed E-state index contributed by atoms with van der Waals surface area (Å²) in [5.74, 6) is -0.136. The van der Waals surface area contributed by atoms with Crippen molar-refractivity contribution in [1.82, 2.24) is 4.90 Å². The minimum absolute atomic E-state index is 0.136. The molecule has 2 aromatic rings. The van der Waals surface area contributed by atoms with Gasteiger partial charge < -0.3 is 10.2 Å². The van der Waals surface area contributed by atoms with E-state index in [2.05, 4.69) is 23.3 Å². The van der Waals surface area contributed by atoms with E-state index in [-0.39, 0.29) is 5.91 Å². The molecule has 0 saturated heterocycles. The lowest BCUT2D eigenvalue weighted by atomic mass is 10.0. The van der Waals surface area contributed by atoms with E-state index in [4.69, 9.17) is 0 Å². The lowest BCUT2D eigenvalue weighted by Gasteiger charge is -2.21. The monoisotopic (exact) mass is 303 g/mol. The number of nitrogens with zero attached hydrogens (tertiary/aromatic N) is 2. The average molecular weight is 303 g/mol. The second kappa shape index (κ2) is 5.37. The number of hydrogen-bond acceptors (Lipinski definition) is 5. The molecule has 0 unspecified atom stereocenters. The number of fused-ring (bicyclic) bond motifs is 1. The molecule has 20 heavy (non-hydrogen) atoms. The van der Waals surface area contributed by atoms with Crippen LogP contribution >= 0.6 is 22.7 Å². The van der Waals surface area contributed by atoms with Gasteiger partial charge in [-0.05, 0) is 30.5 Å². The maximum atomic E-state index is 12.1. The van der Waals surface area contributed by atoms with Crippen LogP contribution in [0.3, 0.4) is 0 Å². The van der Waals surface area contributed by atoms with Gasteiger partial charge in [-0.1, -0.05) is 6.07 Å². The Morgan fingerprint density at radius 3 is 3.10 bits per heavy atom. The predicted octanol–water partition coefficient (Wildman–Crippen LogP) is 2.92. The number of amides is 1. The summed E-state index contributed by atoms with van der Waals surface area (Å²) in [7, 11) is 2.07. The van der Waals surface area contributed by atoms with E-state index < -0.39 is 0 Å². The summed E-state index contributed by atoms with van der Waals surface area (Å²) in [5, 5.41) is 14.8. The van der Waals surface area contributed by atoms with Gasteiger partial charge in [-0.15, -0.1) is 22.7 Å². The SMILES string of the molecule is CN1CCc2c(sc(NC(=O)c3cccs3)c2C#N)C1. The lowest BCUT2D eigenvalue weighted by molar-refractivity contribution is 0.103. The molecule has 1 aliphatic rings. The molecule has 4 nitrogen and oxygen atoms in total. The summed E-state index contributed by atoms with van der Waals surface area (Å²) in [6, 6.07) is 5.88. The number of thiophene rings is 2. The molecule has 0 atom stereocenters. The van der Waals surface area contributed by atoms with Gasteiger partial charge in [-0.3, -0.25) is 4.79 Å². The molecular formula is C14H13N3OS2. The topological polar surface area (TPSA) is 56.1 Å². The quantitative estimate of drug-likeness (QED) is 0.928. The molecule has 1 amide bonds. The Morgan fingerprint density at radius 1 is 1.55 bits per heavy atom. The number of nitrogens with one attached hydrogen (secondary N) is 1. The summed E-state index contributed by atoms with van der Waals surface area (Å²) in [4.78, 5) is 16.2. The summed E-state index contributed by atoms with van der Waals surface area (Å²) in [6.45, 7) is 1.81. The van der Waals surface area contributed by atoms with Gasteiger partial charge in [-0.2, -0.15) is 5.26 Å². The van der Waals surface area contributed by atoms with E-state index in [1.165, 1.54) is 27.6 Å². The van der Waals surface area contributed by atoms with Crippen LogP contribution in [0.25, 0.3) is 0 Å². The van der Waals surface area contributed by atoms with E-state index in [1.807, 2.05) is 11.4 Å². The number of anilines is 1. The number of hydrogen-bond donors (Lipinski definition) is 1. The molecule has 0 spiro atoms. The Bertz CT molecular complexity index is 682. The highest BCUT2D eigenvalue weighted by atomic mass is 32.1. The van der Waals surface area contributed by atoms with Crippen LogP contribution in [-0.2, 0) is 13.0 Å². The molecule has 102 valence electrons. The van der Waals surface area contributed by atoms with E-state index >= 15 is 0 Å². The van der Waals surface area contributed by atoms with Crippen LogP contribution in [-0.4, -0.2) is 24.4 Å². The Hall–Kier alpha value is -1.68. The summed E-state index contributed by atoms with van der Waals surface area (Å²) < 4.78 is 0. The van der Waals surface area contributed by atoms with Gasteiger partial charge in [0.2, 0.25) is 0 Å². The zero-order valence-electron chi connectivity index (χ0n) is 11.0. The van der Waals surface area contributed by atoms with Crippen molar-refractivity contribution in [3.63, 3.8) is 0 Å². The fourth-order valence-electron chi connectivity index (χ4n) is 2.31. The normalized spacial score (nSPS) is 14.6. The molecule has 3 rings (SSSR count). The van der Waals surface area contributed by atoms with Crippen LogP contribution in [0.1, 0.15) is 25.7 Å². The molecule has 6 heteroatoms. The first-order valence-electron chi connectivity index (χ1n) is 6.27. The molecule has 3 heterocycles. The van der Waals surface area contributed by atoms with Crippen LogP contribution in [0.4, 0.5) is 5.00 Å². The van der Waals surface area contributed by atoms with Crippen molar-refractivity contribution in [2.24, 2.45) is 0 Å². The predicted molar refractivity (Wildman–Crippen MR) is 81.3 cm³/mol. The van der Waals surface area contributed by atoms with Crippen LogP contribution < -0.4 is 5.32 Å². The standard InChI is InChI=1S/C14H13N3OS2/c1-17-5-4-9-10(7-15)14(20-12(9)8-17)16-13(18)11-3-2-6-19-11/h2-3,6H,4-5,8H2,1H3,(H,16,18). The third-order valence-electron chi connectivity index (χ3n) is 3.33. The first-order valence-corrected chi connectivity index (χ1v) is 7.96. The first-order chi connectivity index (χ1) is 9.69. The maximum absolute atomic E-state index is 12.1. The van der Waals surface area contributed by atoms with Gasteiger partial charge in [0.1, 0.15) is 11.1 Å². The van der Waals surface area contributed by atoms with Crippen molar-refractivity contribution in [2.75, 3.05) is 18.9 Å². The van der Waals surface area contributed by atoms with E-state index in [9.17, 15) is 10.1 Å². The van der Waals surface area contributed by atoms with Crippen molar-refractivity contribution >= 4 is 33.6 Å². The Morgan fingerprint density at radius 2 is 2.40 bits per heavy atom. The van der Waals surface area contributed by atoms with Crippen LogP contribution in [0.2, 0.25) is 0 Å². The summed E-state index contributed by atoms with van der Waals surface area (Å²) >= 11 is 2.92. The molecule has 1 aliphatic heterocycles. The molecular weight excluding hydrogens is 290 g/mol. The van der Waals surface area contributed by atoms with Gasteiger partial charge >= 0.3 is 0 Å². The van der Waals surface area contributed by atoms with Gasteiger partial charge in [0.25, 0.3) is 5.91 Å². The van der Waals surface area contributed by atoms with Gasteiger partial charge in [0.15, 0.2) is 0 Å². The maximum Gasteiger partial charge on any atom is 0.266 e. The Kier molecular flexibility index (Phi) is 3.57. The van der Waals surface area contributed by atoms with E-state index in [1.54, 1.807) is 6.07 Å². The van der Waals surface area contributed by atoms with Gasteiger partial charge in [-0.25, -0.2) is 0 Å². The zero-order chi connectivity index (χ0) is 14.1. The second-order valence-electron chi connectivity index (χ2n) is 4.74. The third kappa shape index (κ3) is 2.36. The number of carbonyl (C=O) groups excluding carboxylic acids is 1.